The molecule has 0 bridgehead atoms. The van der Waals surface area contributed by atoms with Crippen molar-refractivity contribution >= 4 is 17.3 Å². The molecule has 0 spiro atoms. The van der Waals surface area contributed by atoms with E-state index in [1.54, 1.807) is 16.8 Å². The predicted octanol–water partition coefficient (Wildman–Crippen LogP) is 2.17. The number of anilines is 2. The number of carbonyl (C=O) groups excluding carboxylic acids is 1. The lowest BCUT2D eigenvalue weighted by molar-refractivity contribution is -0.114. The molecular weight excluding hydrogens is 259 g/mol. The lowest BCUT2D eigenvalue weighted by Gasteiger charge is -2.07. The van der Waals surface area contributed by atoms with E-state index in [0.29, 0.717) is 5.69 Å². The van der Waals surface area contributed by atoms with Crippen LogP contribution in [0.3, 0.4) is 0 Å². The molecule has 5 nitrogen and oxygen atoms in total. The van der Waals surface area contributed by atoms with E-state index in [-0.39, 0.29) is 18.3 Å². The summed E-state index contributed by atoms with van der Waals surface area (Å²) in [6.45, 7) is 2.11. The van der Waals surface area contributed by atoms with Gasteiger partial charge in [0.05, 0.1) is 17.9 Å². The van der Waals surface area contributed by atoms with Crippen molar-refractivity contribution < 1.29 is 9.18 Å². The Balaban J connectivity index is 1.92. The van der Waals surface area contributed by atoms with Crippen LogP contribution in [-0.2, 0) is 18.3 Å². The first kappa shape index (κ1) is 14.0. The number of hydrogen-bond acceptors (Lipinski definition) is 3. The van der Waals surface area contributed by atoms with Crippen molar-refractivity contribution in [1.29, 1.82) is 0 Å². The highest BCUT2D eigenvalue weighted by Gasteiger charge is 2.08. The molecule has 0 atom stereocenters. The Morgan fingerprint density at radius 2 is 2.25 bits per heavy atom. The Hall–Kier alpha value is -2.37. The van der Waals surface area contributed by atoms with E-state index in [4.69, 9.17) is 0 Å². The number of aromatic nitrogens is 2. The van der Waals surface area contributed by atoms with Gasteiger partial charge < -0.3 is 10.6 Å². The molecule has 20 heavy (non-hydrogen) atoms. The lowest BCUT2D eigenvalue weighted by Crippen LogP contribution is -2.22. The van der Waals surface area contributed by atoms with E-state index in [2.05, 4.69) is 15.7 Å². The van der Waals surface area contributed by atoms with Crippen LogP contribution in [0.25, 0.3) is 0 Å². The van der Waals surface area contributed by atoms with Crippen LogP contribution in [0.2, 0.25) is 0 Å². The normalized spacial score (nSPS) is 10.3. The highest BCUT2D eigenvalue weighted by atomic mass is 19.1. The third-order valence-electron chi connectivity index (χ3n) is 2.79. The van der Waals surface area contributed by atoms with Crippen LogP contribution in [0.4, 0.5) is 15.8 Å². The van der Waals surface area contributed by atoms with Crippen LogP contribution in [0.15, 0.2) is 30.5 Å². The molecule has 2 N–H and O–H groups in total. The monoisotopic (exact) mass is 276 g/mol. The van der Waals surface area contributed by atoms with E-state index < -0.39 is 0 Å². The van der Waals surface area contributed by atoms with Crippen molar-refractivity contribution in [2.45, 2.75) is 13.3 Å². The largest absolute Gasteiger partial charge is 0.373 e. The van der Waals surface area contributed by atoms with Gasteiger partial charge in [0, 0.05) is 18.9 Å². The van der Waals surface area contributed by atoms with E-state index in [1.807, 2.05) is 20.2 Å². The van der Waals surface area contributed by atoms with Crippen molar-refractivity contribution in [2.24, 2.45) is 7.05 Å². The zero-order valence-electron chi connectivity index (χ0n) is 11.5. The summed E-state index contributed by atoms with van der Waals surface area (Å²) < 4.78 is 14.7. The maximum Gasteiger partial charge on any atom is 0.243 e. The minimum absolute atomic E-state index is 0.106. The molecule has 0 radical (unpaired) electrons. The van der Waals surface area contributed by atoms with Gasteiger partial charge in [-0.2, -0.15) is 5.10 Å². The molecule has 0 aliphatic rings. The number of amides is 1. The zero-order chi connectivity index (χ0) is 14.5. The van der Waals surface area contributed by atoms with Crippen molar-refractivity contribution in [1.82, 2.24) is 9.78 Å². The van der Waals surface area contributed by atoms with Gasteiger partial charge in [0.25, 0.3) is 0 Å². The van der Waals surface area contributed by atoms with E-state index >= 15 is 0 Å². The second kappa shape index (κ2) is 6.18. The zero-order valence-corrected chi connectivity index (χ0v) is 11.5. The second-order valence-electron chi connectivity index (χ2n) is 4.43. The van der Waals surface area contributed by atoms with Crippen LogP contribution >= 0.6 is 0 Å². The standard InChI is InChI=1S/C14H17FN4O/c1-3-12-13(9-19(2)18-12)16-8-14(20)17-11-6-4-5-10(15)7-11/h4-7,9,16H,3,8H2,1-2H3,(H,17,20). The molecule has 0 fully saturated rings. The van der Waals surface area contributed by atoms with E-state index in [0.717, 1.165) is 17.8 Å². The smallest absolute Gasteiger partial charge is 0.243 e. The average molecular weight is 276 g/mol. The summed E-state index contributed by atoms with van der Waals surface area (Å²) in [6, 6.07) is 5.80. The quantitative estimate of drug-likeness (QED) is 0.880. The Bertz CT molecular complexity index is 609. The van der Waals surface area contributed by atoms with Gasteiger partial charge in [0.1, 0.15) is 5.82 Å². The number of aryl methyl sites for hydroxylation is 2. The van der Waals surface area contributed by atoms with Gasteiger partial charge in [-0.25, -0.2) is 4.39 Å². The van der Waals surface area contributed by atoms with Crippen LogP contribution in [0, 0.1) is 5.82 Å². The number of nitrogens with one attached hydrogen (secondary N) is 2. The van der Waals surface area contributed by atoms with Gasteiger partial charge in [-0.1, -0.05) is 13.0 Å². The summed E-state index contributed by atoms with van der Waals surface area (Å²) in [6.07, 6.45) is 2.61. The minimum atomic E-state index is -0.378. The topological polar surface area (TPSA) is 59.0 Å². The van der Waals surface area contributed by atoms with Crippen molar-refractivity contribution in [3.8, 4) is 0 Å². The number of nitrogens with zero attached hydrogens (tertiary/aromatic N) is 2. The van der Waals surface area contributed by atoms with Crippen LogP contribution in [0.5, 0.6) is 0 Å². The molecule has 0 aliphatic heterocycles. The summed E-state index contributed by atoms with van der Waals surface area (Å²) in [5.74, 6) is -0.613. The molecule has 6 heteroatoms. The molecular formula is C14H17FN4O. The summed E-state index contributed by atoms with van der Waals surface area (Å²) in [5, 5.41) is 9.93. The van der Waals surface area contributed by atoms with E-state index in [9.17, 15) is 9.18 Å². The second-order valence-corrected chi connectivity index (χ2v) is 4.43. The third-order valence-corrected chi connectivity index (χ3v) is 2.79. The molecule has 1 aromatic carbocycles. The Morgan fingerprint density at radius 3 is 2.95 bits per heavy atom. The van der Waals surface area contributed by atoms with Crippen molar-refractivity contribution in [3.05, 3.63) is 42.0 Å². The SMILES string of the molecule is CCc1nn(C)cc1NCC(=O)Nc1cccc(F)c1. The number of rotatable bonds is 5. The molecule has 2 aromatic rings. The summed E-state index contributed by atoms with van der Waals surface area (Å²) in [4.78, 5) is 11.8. The summed E-state index contributed by atoms with van der Waals surface area (Å²) >= 11 is 0. The average Bonchev–Trinajstić information content (AvgIpc) is 2.77. The predicted molar refractivity (Wildman–Crippen MR) is 76.1 cm³/mol. The van der Waals surface area contributed by atoms with Gasteiger partial charge in [0.2, 0.25) is 5.91 Å². The lowest BCUT2D eigenvalue weighted by atomic mass is 10.3. The Morgan fingerprint density at radius 1 is 1.45 bits per heavy atom. The highest BCUT2D eigenvalue weighted by molar-refractivity contribution is 5.93. The first-order chi connectivity index (χ1) is 9.58. The van der Waals surface area contributed by atoms with E-state index in [1.165, 1.54) is 12.1 Å². The molecule has 1 aromatic heterocycles. The molecule has 0 aliphatic carbocycles. The highest BCUT2D eigenvalue weighted by Crippen LogP contribution is 2.13. The first-order valence-corrected chi connectivity index (χ1v) is 6.40. The molecule has 1 amide bonds. The van der Waals surface area contributed by atoms with Crippen molar-refractivity contribution in [2.75, 3.05) is 17.2 Å². The van der Waals surface area contributed by atoms with Gasteiger partial charge in [0.15, 0.2) is 0 Å². The molecule has 0 saturated carbocycles. The number of carbonyl (C=O) groups is 1. The molecule has 1 heterocycles. The fourth-order valence-corrected chi connectivity index (χ4v) is 1.89. The Labute approximate surface area is 116 Å². The summed E-state index contributed by atoms with van der Waals surface area (Å²) in [5.41, 5.74) is 2.19. The first-order valence-electron chi connectivity index (χ1n) is 6.40. The summed E-state index contributed by atoms with van der Waals surface area (Å²) in [7, 11) is 1.83. The molecule has 0 saturated heterocycles. The van der Waals surface area contributed by atoms with Gasteiger partial charge >= 0.3 is 0 Å². The van der Waals surface area contributed by atoms with Gasteiger partial charge in [-0.15, -0.1) is 0 Å². The fourth-order valence-electron chi connectivity index (χ4n) is 1.89. The van der Waals surface area contributed by atoms with Gasteiger partial charge in [-0.3, -0.25) is 9.48 Å². The van der Waals surface area contributed by atoms with Crippen molar-refractivity contribution in [3.63, 3.8) is 0 Å². The fraction of sp³-hybridized carbons (Fsp3) is 0.286. The Kier molecular flexibility index (Phi) is 4.34. The maximum absolute atomic E-state index is 13.0. The minimum Gasteiger partial charge on any atom is -0.373 e. The van der Waals surface area contributed by atoms with Crippen LogP contribution < -0.4 is 10.6 Å². The molecule has 0 unspecified atom stereocenters. The van der Waals surface area contributed by atoms with Crippen LogP contribution in [0.1, 0.15) is 12.6 Å². The number of halogens is 1. The molecule has 2 rings (SSSR count). The third kappa shape index (κ3) is 3.57. The maximum atomic E-state index is 13.0. The van der Waals surface area contributed by atoms with Crippen LogP contribution in [-0.4, -0.2) is 22.2 Å². The molecule has 106 valence electrons. The van der Waals surface area contributed by atoms with Gasteiger partial charge in [-0.05, 0) is 24.6 Å². The number of hydrogen-bond donors (Lipinski definition) is 2. The number of benzene rings is 1.